The molecule has 0 spiro atoms. The zero-order chi connectivity index (χ0) is 24.3. The van der Waals surface area contributed by atoms with Gasteiger partial charge in [-0.2, -0.15) is 0 Å². The second kappa shape index (κ2) is 12.2. The molecule has 0 radical (unpaired) electrons. The Labute approximate surface area is 196 Å². The fourth-order valence-corrected chi connectivity index (χ4v) is 3.14. The smallest absolute Gasteiger partial charge is 0.267 e. The number of aromatic nitrogens is 1. The Balaban J connectivity index is 1.52. The second-order valence-electron chi connectivity index (χ2n) is 7.41. The van der Waals surface area contributed by atoms with Gasteiger partial charge in [0.2, 0.25) is 5.91 Å². The van der Waals surface area contributed by atoms with Crippen molar-refractivity contribution in [2.75, 3.05) is 18.4 Å². The van der Waals surface area contributed by atoms with Crippen LogP contribution in [-0.2, 0) is 16.1 Å². The van der Waals surface area contributed by atoms with Crippen molar-refractivity contribution >= 4 is 23.4 Å². The summed E-state index contributed by atoms with van der Waals surface area (Å²) in [5.41, 5.74) is 10.7. The highest BCUT2D eigenvalue weighted by molar-refractivity contribution is 5.98. The number of pyridine rings is 1. The van der Waals surface area contributed by atoms with E-state index in [0.717, 1.165) is 16.7 Å². The third-order valence-electron chi connectivity index (χ3n) is 4.95. The third-order valence-corrected chi connectivity index (χ3v) is 4.95. The van der Waals surface area contributed by atoms with Gasteiger partial charge in [-0.25, -0.2) is 5.48 Å². The summed E-state index contributed by atoms with van der Waals surface area (Å²) in [6.07, 6.45) is 3.44. The number of carbonyl (C=O) groups excluding carboxylic acids is 3. The van der Waals surface area contributed by atoms with E-state index < -0.39 is 17.9 Å². The number of benzene rings is 2. The van der Waals surface area contributed by atoms with Crippen LogP contribution in [0.1, 0.15) is 15.9 Å². The number of hydrogen-bond acceptors (Lipinski definition) is 7. The fraction of sp³-hybridized carbons (Fsp3) is 0.167. The number of amides is 3. The normalized spacial score (nSPS) is 11.4. The minimum Gasteiger partial charge on any atom is -0.339 e. The molecule has 7 N–H and O–H groups in total. The molecule has 3 aromatic rings. The van der Waals surface area contributed by atoms with Gasteiger partial charge in [-0.1, -0.05) is 30.3 Å². The average molecular weight is 463 g/mol. The Hall–Kier alpha value is -4.12. The summed E-state index contributed by atoms with van der Waals surface area (Å²) in [7, 11) is 0. The molecule has 2 aromatic carbocycles. The summed E-state index contributed by atoms with van der Waals surface area (Å²) in [5.74, 6) is -1.43. The van der Waals surface area contributed by atoms with E-state index in [0.29, 0.717) is 17.8 Å². The van der Waals surface area contributed by atoms with Gasteiger partial charge in [-0.15, -0.1) is 0 Å². The topological polar surface area (TPSA) is 158 Å². The van der Waals surface area contributed by atoms with Crippen LogP contribution in [0.3, 0.4) is 0 Å². The van der Waals surface area contributed by atoms with E-state index in [1.807, 2.05) is 24.3 Å². The average Bonchev–Trinajstić information content (AvgIpc) is 2.88. The minimum absolute atomic E-state index is 0.153. The molecule has 10 heteroatoms. The van der Waals surface area contributed by atoms with E-state index >= 15 is 0 Å². The van der Waals surface area contributed by atoms with Gasteiger partial charge < -0.3 is 21.7 Å². The molecule has 10 nitrogen and oxygen atoms in total. The molecule has 0 fully saturated rings. The number of rotatable bonds is 10. The van der Waals surface area contributed by atoms with Crippen LogP contribution >= 0.6 is 0 Å². The zero-order valence-electron chi connectivity index (χ0n) is 18.3. The van der Waals surface area contributed by atoms with Crippen molar-refractivity contribution in [3.8, 4) is 11.1 Å². The third kappa shape index (κ3) is 6.94. The maximum Gasteiger partial charge on any atom is 0.267 e. The number of carbonyl (C=O) groups is 3. The molecule has 1 heterocycles. The molecule has 34 heavy (non-hydrogen) atoms. The fourth-order valence-electron chi connectivity index (χ4n) is 3.14. The SMILES string of the molecule is NC[C@H](NC(=O)c1ccc(-c2ccc(NC(=O)CNCc3cccnc3)cc2)cc1)C(=O)NO. The van der Waals surface area contributed by atoms with E-state index in [9.17, 15) is 14.4 Å². The van der Waals surface area contributed by atoms with Crippen molar-refractivity contribution in [2.24, 2.45) is 5.73 Å². The van der Waals surface area contributed by atoms with Crippen LogP contribution in [0, 0.1) is 0 Å². The molecule has 0 aliphatic carbocycles. The first-order chi connectivity index (χ1) is 16.5. The summed E-state index contributed by atoms with van der Waals surface area (Å²) in [6, 6.07) is 16.9. The summed E-state index contributed by atoms with van der Waals surface area (Å²) < 4.78 is 0. The number of nitrogens with zero attached hydrogens (tertiary/aromatic N) is 1. The quantitative estimate of drug-likeness (QED) is 0.194. The van der Waals surface area contributed by atoms with Gasteiger partial charge >= 0.3 is 0 Å². The van der Waals surface area contributed by atoms with Crippen LogP contribution < -0.4 is 27.2 Å². The highest BCUT2D eigenvalue weighted by Crippen LogP contribution is 2.22. The maximum atomic E-state index is 12.3. The maximum absolute atomic E-state index is 12.3. The molecule has 1 atom stereocenters. The monoisotopic (exact) mass is 462 g/mol. The van der Waals surface area contributed by atoms with E-state index in [4.69, 9.17) is 10.9 Å². The number of hydrogen-bond donors (Lipinski definition) is 6. The first kappa shape index (κ1) is 24.5. The van der Waals surface area contributed by atoms with E-state index in [2.05, 4.69) is 20.9 Å². The predicted molar refractivity (Wildman–Crippen MR) is 127 cm³/mol. The molecular weight excluding hydrogens is 436 g/mol. The van der Waals surface area contributed by atoms with Gasteiger partial charge in [0.05, 0.1) is 6.54 Å². The lowest BCUT2D eigenvalue weighted by molar-refractivity contribution is -0.130. The summed E-state index contributed by atoms with van der Waals surface area (Å²) in [4.78, 5) is 40.0. The van der Waals surface area contributed by atoms with Gasteiger partial charge in [-0.05, 0) is 47.0 Å². The number of anilines is 1. The molecule has 176 valence electrons. The largest absolute Gasteiger partial charge is 0.339 e. The molecule has 3 rings (SSSR count). The lowest BCUT2D eigenvalue weighted by Crippen LogP contribution is -2.50. The Morgan fingerprint density at radius 3 is 2.24 bits per heavy atom. The molecule has 0 unspecified atom stereocenters. The Kier molecular flexibility index (Phi) is 8.81. The van der Waals surface area contributed by atoms with Crippen molar-refractivity contribution in [3.05, 3.63) is 84.2 Å². The molecular formula is C24H26N6O4. The number of hydroxylamine groups is 1. The van der Waals surface area contributed by atoms with Crippen molar-refractivity contribution in [1.82, 2.24) is 21.1 Å². The lowest BCUT2D eigenvalue weighted by atomic mass is 10.0. The molecule has 3 amide bonds. The van der Waals surface area contributed by atoms with Crippen molar-refractivity contribution in [1.29, 1.82) is 0 Å². The van der Waals surface area contributed by atoms with E-state index in [-0.39, 0.29) is 19.0 Å². The van der Waals surface area contributed by atoms with E-state index in [1.54, 1.807) is 48.8 Å². The van der Waals surface area contributed by atoms with Gasteiger partial charge in [0.1, 0.15) is 6.04 Å². The van der Waals surface area contributed by atoms with Crippen LogP contribution in [0.25, 0.3) is 11.1 Å². The van der Waals surface area contributed by atoms with Gasteiger partial charge in [-0.3, -0.25) is 24.6 Å². The molecule has 0 saturated carbocycles. The number of nitrogens with one attached hydrogen (secondary N) is 4. The standard InChI is InChI=1S/C24H26N6O4/c25-12-21(24(33)30-34)29-23(32)19-5-3-17(4-6-19)18-7-9-20(10-8-18)28-22(31)15-27-14-16-2-1-11-26-13-16/h1-11,13,21,27,34H,12,14-15,25H2,(H,28,31)(H,29,32)(H,30,33)/t21-/m0/s1. The van der Waals surface area contributed by atoms with Gasteiger partial charge in [0, 0.05) is 36.7 Å². The summed E-state index contributed by atoms with van der Waals surface area (Å²) in [6.45, 7) is 0.570. The van der Waals surface area contributed by atoms with Crippen molar-refractivity contribution in [3.63, 3.8) is 0 Å². The molecule has 0 saturated heterocycles. The second-order valence-corrected chi connectivity index (χ2v) is 7.41. The van der Waals surface area contributed by atoms with Crippen molar-refractivity contribution < 1.29 is 19.6 Å². The van der Waals surface area contributed by atoms with Crippen LogP contribution in [0.15, 0.2) is 73.1 Å². The minimum atomic E-state index is -1.04. The summed E-state index contributed by atoms with van der Waals surface area (Å²) in [5, 5.41) is 17.1. The van der Waals surface area contributed by atoms with Crippen LogP contribution in [0.4, 0.5) is 5.69 Å². The first-order valence-electron chi connectivity index (χ1n) is 10.5. The molecule has 0 bridgehead atoms. The molecule has 1 aromatic heterocycles. The van der Waals surface area contributed by atoms with Crippen molar-refractivity contribution in [2.45, 2.75) is 12.6 Å². The Bertz CT molecular complexity index is 1100. The predicted octanol–water partition coefficient (Wildman–Crippen LogP) is 1.04. The molecule has 0 aliphatic heterocycles. The van der Waals surface area contributed by atoms with Gasteiger partial charge in [0.15, 0.2) is 0 Å². The lowest BCUT2D eigenvalue weighted by Gasteiger charge is -2.14. The van der Waals surface area contributed by atoms with Crippen LogP contribution in [0.2, 0.25) is 0 Å². The Morgan fingerprint density at radius 1 is 0.971 bits per heavy atom. The zero-order valence-corrected chi connectivity index (χ0v) is 18.3. The van der Waals surface area contributed by atoms with Crippen LogP contribution in [-0.4, -0.2) is 47.0 Å². The molecule has 0 aliphatic rings. The number of nitrogens with two attached hydrogens (primary N) is 1. The van der Waals surface area contributed by atoms with Crippen LogP contribution in [0.5, 0.6) is 0 Å². The highest BCUT2D eigenvalue weighted by atomic mass is 16.5. The van der Waals surface area contributed by atoms with E-state index in [1.165, 1.54) is 5.48 Å². The first-order valence-corrected chi connectivity index (χ1v) is 10.5. The van der Waals surface area contributed by atoms with Gasteiger partial charge in [0.25, 0.3) is 11.8 Å². The highest BCUT2D eigenvalue weighted by Gasteiger charge is 2.19. The Morgan fingerprint density at radius 2 is 1.65 bits per heavy atom. The summed E-state index contributed by atoms with van der Waals surface area (Å²) >= 11 is 0.